The third-order valence-corrected chi connectivity index (χ3v) is 2.62. The molecule has 106 valence electrons. The Hall–Kier alpha value is -0.730. The van der Waals surface area contributed by atoms with Crippen LogP contribution >= 0.6 is 0 Å². The Kier molecular flexibility index (Phi) is 5.06. The molecule has 0 aliphatic carbocycles. The van der Waals surface area contributed by atoms with Gasteiger partial charge in [-0.1, -0.05) is 0 Å². The van der Waals surface area contributed by atoms with Crippen molar-refractivity contribution < 1.29 is 34.3 Å². The normalized spacial score (nSPS) is 29.9. The molecule has 1 aliphatic heterocycles. The Morgan fingerprint density at radius 3 is 2.44 bits per heavy atom. The van der Waals surface area contributed by atoms with Crippen molar-refractivity contribution in [1.29, 1.82) is 0 Å². The van der Waals surface area contributed by atoms with Crippen LogP contribution in [0.3, 0.4) is 0 Å². The van der Waals surface area contributed by atoms with Crippen molar-refractivity contribution in [1.82, 2.24) is 0 Å². The average molecular weight is 264 g/mol. The molecule has 0 radical (unpaired) electrons. The quantitative estimate of drug-likeness (QED) is 0.535. The second-order valence-corrected chi connectivity index (χ2v) is 4.64. The minimum Gasteiger partial charge on any atom is -0.457 e. The number of carbonyl (C=O) groups is 1. The van der Waals surface area contributed by atoms with Crippen LogP contribution in [0.25, 0.3) is 0 Å². The van der Waals surface area contributed by atoms with Crippen molar-refractivity contribution in [3.8, 4) is 0 Å². The van der Waals surface area contributed by atoms with Gasteiger partial charge in [0.25, 0.3) is 0 Å². The molecule has 18 heavy (non-hydrogen) atoms. The fourth-order valence-corrected chi connectivity index (χ4v) is 1.93. The van der Waals surface area contributed by atoms with E-state index in [9.17, 15) is 9.90 Å². The lowest BCUT2D eigenvalue weighted by Crippen LogP contribution is -2.47. The van der Waals surface area contributed by atoms with Gasteiger partial charge in [0.15, 0.2) is 11.9 Å². The van der Waals surface area contributed by atoms with Crippen LogP contribution in [-0.4, -0.2) is 64.7 Å². The molecule has 4 atom stereocenters. The third-order valence-electron chi connectivity index (χ3n) is 2.62. The molecule has 0 aromatic carbocycles. The molecule has 7 heteroatoms. The zero-order valence-electron chi connectivity index (χ0n) is 10.7. The lowest BCUT2D eigenvalue weighted by molar-refractivity contribution is -0.176. The van der Waals surface area contributed by atoms with Crippen LogP contribution in [0.5, 0.6) is 0 Å². The van der Waals surface area contributed by atoms with Crippen molar-refractivity contribution in [2.45, 2.75) is 51.0 Å². The first-order valence-corrected chi connectivity index (χ1v) is 5.73. The van der Waals surface area contributed by atoms with Crippen LogP contribution in [0, 0.1) is 0 Å². The van der Waals surface area contributed by atoms with Gasteiger partial charge in [-0.25, -0.2) is 0 Å². The maximum Gasteiger partial charge on any atom is 0.303 e. The molecule has 0 aromatic rings. The van der Waals surface area contributed by atoms with Gasteiger partial charge in [-0.3, -0.25) is 4.79 Å². The SMILES string of the molecule is CC(=O)O[C@H](CO)[C@@H](O)[C@@H]1OC(C)(C)O[C@@H]1CO. The summed E-state index contributed by atoms with van der Waals surface area (Å²) >= 11 is 0. The molecule has 1 saturated heterocycles. The fourth-order valence-electron chi connectivity index (χ4n) is 1.93. The largest absolute Gasteiger partial charge is 0.457 e. The van der Waals surface area contributed by atoms with Crippen molar-refractivity contribution in [2.75, 3.05) is 13.2 Å². The highest BCUT2D eigenvalue weighted by atomic mass is 16.8. The van der Waals surface area contributed by atoms with Gasteiger partial charge in [-0.15, -0.1) is 0 Å². The van der Waals surface area contributed by atoms with Crippen molar-refractivity contribution in [3.63, 3.8) is 0 Å². The van der Waals surface area contributed by atoms with E-state index in [0.29, 0.717) is 0 Å². The highest BCUT2D eigenvalue weighted by Gasteiger charge is 2.47. The first kappa shape index (κ1) is 15.3. The number of ether oxygens (including phenoxy) is 3. The van der Waals surface area contributed by atoms with E-state index in [4.69, 9.17) is 24.4 Å². The fraction of sp³-hybridized carbons (Fsp3) is 0.909. The summed E-state index contributed by atoms with van der Waals surface area (Å²) < 4.78 is 15.6. The molecule has 1 fully saturated rings. The summed E-state index contributed by atoms with van der Waals surface area (Å²) in [7, 11) is 0. The van der Waals surface area contributed by atoms with Crippen LogP contribution in [0.2, 0.25) is 0 Å². The van der Waals surface area contributed by atoms with E-state index in [1.165, 1.54) is 6.92 Å². The number of esters is 1. The van der Waals surface area contributed by atoms with Crippen molar-refractivity contribution >= 4 is 5.97 Å². The van der Waals surface area contributed by atoms with Crippen LogP contribution in [0.1, 0.15) is 20.8 Å². The summed E-state index contributed by atoms with van der Waals surface area (Å²) in [5.41, 5.74) is 0. The average Bonchev–Trinajstić information content (AvgIpc) is 2.60. The van der Waals surface area contributed by atoms with Gasteiger partial charge >= 0.3 is 5.97 Å². The van der Waals surface area contributed by atoms with Gasteiger partial charge in [-0.2, -0.15) is 0 Å². The van der Waals surface area contributed by atoms with Gasteiger partial charge in [0, 0.05) is 6.92 Å². The number of aliphatic hydroxyl groups excluding tert-OH is 3. The lowest BCUT2D eigenvalue weighted by Gasteiger charge is -2.27. The van der Waals surface area contributed by atoms with E-state index in [0.717, 1.165) is 0 Å². The van der Waals surface area contributed by atoms with E-state index in [2.05, 4.69) is 0 Å². The summed E-state index contributed by atoms with van der Waals surface area (Å²) in [6.45, 7) is 3.57. The molecule has 3 N–H and O–H groups in total. The van der Waals surface area contributed by atoms with Gasteiger partial charge < -0.3 is 29.5 Å². The summed E-state index contributed by atoms with van der Waals surface area (Å²) in [6, 6.07) is 0. The molecule has 0 amide bonds. The summed E-state index contributed by atoms with van der Waals surface area (Å²) in [4.78, 5) is 10.8. The second-order valence-electron chi connectivity index (χ2n) is 4.64. The molecular formula is C11H20O7. The number of aliphatic hydroxyl groups is 3. The molecule has 0 saturated carbocycles. The van der Waals surface area contributed by atoms with E-state index in [1.807, 2.05) is 0 Å². The van der Waals surface area contributed by atoms with Crippen molar-refractivity contribution in [2.24, 2.45) is 0 Å². The molecule has 1 heterocycles. The summed E-state index contributed by atoms with van der Waals surface area (Å²) in [6.07, 6.45) is -4.00. The molecule has 0 spiro atoms. The van der Waals surface area contributed by atoms with Crippen molar-refractivity contribution in [3.05, 3.63) is 0 Å². The van der Waals surface area contributed by atoms with Gasteiger partial charge in [-0.05, 0) is 13.8 Å². The maximum absolute atomic E-state index is 10.8. The highest BCUT2D eigenvalue weighted by molar-refractivity contribution is 5.66. The molecule has 0 aromatic heterocycles. The molecule has 0 bridgehead atoms. The third kappa shape index (κ3) is 3.63. The predicted octanol–water partition coefficient (Wildman–Crippen LogP) is -1.22. The topological polar surface area (TPSA) is 105 Å². The lowest BCUT2D eigenvalue weighted by atomic mass is 10.0. The minimum absolute atomic E-state index is 0.344. The Morgan fingerprint density at radius 2 is 2.00 bits per heavy atom. The second kappa shape index (κ2) is 5.94. The smallest absolute Gasteiger partial charge is 0.303 e. The molecule has 1 aliphatic rings. The number of hydrogen-bond acceptors (Lipinski definition) is 7. The van der Waals surface area contributed by atoms with E-state index < -0.39 is 42.8 Å². The zero-order valence-corrected chi connectivity index (χ0v) is 10.7. The first-order valence-electron chi connectivity index (χ1n) is 5.73. The molecular weight excluding hydrogens is 244 g/mol. The van der Waals surface area contributed by atoms with Gasteiger partial charge in [0.2, 0.25) is 0 Å². The molecule has 1 rings (SSSR count). The van der Waals surface area contributed by atoms with Crippen LogP contribution in [0.15, 0.2) is 0 Å². The van der Waals surface area contributed by atoms with Gasteiger partial charge in [0.1, 0.15) is 18.3 Å². The minimum atomic E-state index is -1.28. The monoisotopic (exact) mass is 264 g/mol. The number of carbonyl (C=O) groups excluding carboxylic acids is 1. The predicted molar refractivity (Wildman–Crippen MR) is 59.6 cm³/mol. The molecule has 0 unspecified atom stereocenters. The van der Waals surface area contributed by atoms with Crippen LogP contribution in [0.4, 0.5) is 0 Å². The maximum atomic E-state index is 10.8. The molecule has 7 nitrogen and oxygen atoms in total. The zero-order chi connectivity index (χ0) is 13.9. The van der Waals surface area contributed by atoms with E-state index in [1.54, 1.807) is 13.8 Å². The first-order chi connectivity index (χ1) is 8.30. The standard InChI is InChI=1S/C11H20O7/c1-6(14)16-7(4-12)9(15)10-8(5-13)17-11(2,3)18-10/h7-10,12-13,15H,4-5H2,1-3H3/t7-,8-,9-,10-/m1/s1. The van der Waals surface area contributed by atoms with E-state index >= 15 is 0 Å². The Bertz CT molecular complexity index is 291. The van der Waals surface area contributed by atoms with Crippen LogP contribution < -0.4 is 0 Å². The number of hydrogen-bond donors (Lipinski definition) is 3. The Balaban J connectivity index is 2.74. The Labute approximate surface area is 105 Å². The number of rotatable bonds is 5. The summed E-state index contributed by atoms with van der Waals surface area (Å²) in [5.74, 6) is -1.57. The van der Waals surface area contributed by atoms with Gasteiger partial charge in [0.05, 0.1) is 13.2 Å². The Morgan fingerprint density at radius 1 is 1.39 bits per heavy atom. The van der Waals surface area contributed by atoms with Crippen LogP contribution in [-0.2, 0) is 19.0 Å². The highest BCUT2D eigenvalue weighted by Crippen LogP contribution is 2.31. The van der Waals surface area contributed by atoms with E-state index in [-0.39, 0.29) is 6.61 Å². The summed E-state index contributed by atoms with van der Waals surface area (Å²) in [5, 5.41) is 28.3.